The molecule has 0 radical (unpaired) electrons. The van der Waals surface area contributed by atoms with E-state index in [2.05, 4.69) is 21.2 Å². The predicted molar refractivity (Wildman–Crippen MR) is 69.4 cm³/mol. The zero-order valence-electron chi connectivity index (χ0n) is 9.57. The molecular weight excluding hydrogens is 290 g/mol. The van der Waals surface area contributed by atoms with Crippen LogP contribution in [0.4, 0.5) is 5.69 Å². The molecule has 0 aliphatic carbocycles. The van der Waals surface area contributed by atoms with Crippen molar-refractivity contribution in [2.45, 2.75) is 0 Å². The minimum Gasteiger partial charge on any atom is -0.495 e. The Hall–Kier alpha value is -1.56. The number of halogens is 1. The Bertz CT molecular complexity index is 382. The van der Waals surface area contributed by atoms with Crippen molar-refractivity contribution in [2.75, 3.05) is 24.8 Å². The zero-order chi connectivity index (χ0) is 13.3. The number of hydrogen-bond donors (Lipinski definition) is 2. The molecule has 6 heteroatoms. The molecule has 1 aromatic carbocycles. The maximum Gasteiger partial charge on any atom is 0.335 e. The molecule has 0 heterocycles. The number of nitrogens with one attached hydrogen (secondary N) is 1. The summed E-state index contributed by atoms with van der Waals surface area (Å²) in [5.41, 5.74) is 0.910. The summed E-state index contributed by atoms with van der Waals surface area (Å²) in [5.74, 6) is -0.313. The lowest BCUT2D eigenvalue weighted by Crippen LogP contribution is -1.99. The number of aromatic carboxylic acids is 1. The highest BCUT2D eigenvalue weighted by Gasteiger charge is 2.06. The first-order valence-electron chi connectivity index (χ1n) is 4.69. The van der Waals surface area contributed by atoms with E-state index in [0.29, 0.717) is 16.8 Å². The summed E-state index contributed by atoms with van der Waals surface area (Å²) in [7, 11) is 3.25. The highest BCUT2D eigenvalue weighted by molar-refractivity contribution is 9.09. The van der Waals surface area contributed by atoms with Gasteiger partial charge in [-0.2, -0.15) is 0 Å². The molecule has 0 saturated carbocycles. The van der Waals surface area contributed by atoms with Crippen LogP contribution in [0.1, 0.15) is 10.4 Å². The number of rotatable bonds is 4. The van der Waals surface area contributed by atoms with E-state index in [4.69, 9.17) is 14.6 Å². The van der Waals surface area contributed by atoms with Crippen molar-refractivity contribution in [3.05, 3.63) is 23.8 Å². The summed E-state index contributed by atoms with van der Waals surface area (Å²) in [6.45, 7) is 0. The topological polar surface area (TPSA) is 75.6 Å². The van der Waals surface area contributed by atoms with Gasteiger partial charge in [0.2, 0.25) is 0 Å². The number of benzene rings is 1. The molecule has 1 rings (SSSR count). The van der Waals surface area contributed by atoms with Gasteiger partial charge in [-0.05, 0) is 18.2 Å². The molecule has 17 heavy (non-hydrogen) atoms. The van der Waals surface area contributed by atoms with Crippen molar-refractivity contribution in [3.63, 3.8) is 0 Å². The minimum absolute atomic E-state index is 0.241. The lowest BCUT2D eigenvalue weighted by atomic mass is 10.2. The highest BCUT2D eigenvalue weighted by Crippen LogP contribution is 2.24. The standard InChI is InChI=1S/C9H11NO3.C2H3BrO/c1-10-7-5-6(9(11)12)3-4-8(7)13-2;3-1-2-4/h3-5,10H,1-2H3,(H,11,12);2H,1H2. The molecule has 2 N–H and O–H groups in total. The largest absolute Gasteiger partial charge is 0.495 e. The Morgan fingerprint density at radius 2 is 2.18 bits per heavy atom. The number of aldehydes is 1. The molecule has 0 fully saturated rings. The van der Waals surface area contributed by atoms with Gasteiger partial charge in [0.05, 0.1) is 23.7 Å². The van der Waals surface area contributed by atoms with E-state index in [0.717, 1.165) is 6.29 Å². The fourth-order valence-electron chi connectivity index (χ4n) is 1.04. The fourth-order valence-corrected chi connectivity index (χ4v) is 1.04. The molecule has 94 valence electrons. The van der Waals surface area contributed by atoms with Gasteiger partial charge in [-0.25, -0.2) is 4.79 Å². The monoisotopic (exact) mass is 303 g/mol. The molecule has 0 saturated heterocycles. The number of carbonyl (C=O) groups excluding carboxylic acids is 1. The average Bonchev–Trinajstić information content (AvgIpc) is 2.37. The first kappa shape index (κ1) is 15.4. The Morgan fingerprint density at radius 1 is 1.59 bits per heavy atom. The summed E-state index contributed by atoms with van der Waals surface area (Å²) in [6, 6.07) is 4.65. The Kier molecular flexibility index (Phi) is 7.79. The summed E-state index contributed by atoms with van der Waals surface area (Å²) in [4.78, 5) is 19.7. The first-order chi connectivity index (χ1) is 8.10. The van der Waals surface area contributed by atoms with Gasteiger partial charge < -0.3 is 20.0 Å². The van der Waals surface area contributed by atoms with Crippen molar-refractivity contribution in [1.29, 1.82) is 0 Å². The molecule has 1 aromatic rings. The van der Waals surface area contributed by atoms with Gasteiger partial charge in [-0.15, -0.1) is 0 Å². The van der Waals surface area contributed by atoms with E-state index in [1.54, 1.807) is 13.1 Å². The SMILES string of the molecule is CNc1cc(C(=O)O)ccc1OC.O=CCBr. The van der Waals surface area contributed by atoms with Crippen LogP contribution in [-0.2, 0) is 4.79 Å². The quantitative estimate of drug-likeness (QED) is 0.657. The van der Waals surface area contributed by atoms with Crippen LogP contribution in [-0.4, -0.2) is 36.8 Å². The molecule has 5 nitrogen and oxygen atoms in total. The number of alkyl halides is 1. The van der Waals surface area contributed by atoms with Crippen LogP contribution in [0, 0.1) is 0 Å². The molecule has 0 spiro atoms. The Balaban J connectivity index is 0.000000557. The van der Waals surface area contributed by atoms with Gasteiger partial charge in [-0.3, -0.25) is 0 Å². The van der Waals surface area contributed by atoms with E-state index in [1.807, 2.05) is 0 Å². The number of ether oxygens (including phenoxy) is 1. The lowest BCUT2D eigenvalue weighted by Gasteiger charge is -2.07. The number of carbonyl (C=O) groups is 2. The van der Waals surface area contributed by atoms with Crippen LogP contribution in [0.25, 0.3) is 0 Å². The van der Waals surface area contributed by atoms with Gasteiger partial charge in [0.25, 0.3) is 0 Å². The second kappa shape index (κ2) is 8.58. The maximum atomic E-state index is 10.6. The van der Waals surface area contributed by atoms with Crippen LogP contribution >= 0.6 is 15.9 Å². The molecule has 0 aliphatic rings. The second-order valence-corrected chi connectivity index (χ2v) is 3.44. The smallest absolute Gasteiger partial charge is 0.335 e. The zero-order valence-corrected chi connectivity index (χ0v) is 11.2. The van der Waals surface area contributed by atoms with Crippen molar-refractivity contribution < 1.29 is 19.4 Å². The predicted octanol–water partition coefficient (Wildman–Crippen LogP) is 2.02. The van der Waals surface area contributed by atoms with Crippen LogP contribution in [0.2, 0.25) is 0 Å². The number of methoxy groups -OCH3 is 1. The number of carboxylic acids is 1. The first-order valence-corrected chi connectivity index (χ1v) is 5.81. The van der Waals surface area contributed by atoms with Gasteiger partial charge in [0.1, 0.15) is 12.0 Å². The number of carboxylic acid groups (broad SMARTS) is 1. The summed E-state index contributed by atoms with van der Waals surface area (Å²) in [5, 5.41) is 12.0. The molecule has 0 aliphatic heterocycles. The van der Waals surface area contributed by atoms with Crippen molar-refractivity contribution in [1.82, 2.24) is 0 Å². The number of anilines is 1. The molecular formula is C11H14BrNO4. The molecule has 0 bridgehead atoms. The van der Waals surface area contributed by atoms with Gasteiger partial charge in [0.15, 0.2) is 0 Å². The van der Waals surface area contributed by atoms with Gasteiger partial charge in [-0.1, -0.05) is 15.9 Å². The third-order valence-corrected chi connectivity index (χ3v) is 2.04. The molecule has 0 atom stereocenters. The van der Waals surface area contributed by atoms with Crippen LogP contribution in [0.5, 0.6) is 5.75 Å². The van der Waals surface area contributed by atoms with Crippen LogP contribution in [0.3, 0.4) is 0 Å². The third kappa shape index (κ3) is 5.35. The van der Waals surface area contributed by atoms with Crippen LogP contribution < -0.4 is 10.1 Å². The van der Waals surface area contributed by atoms with E-state index >= 15 is 0 Å². The minimum atomic E-state index is -0.945. The lowest BCUT2D eigenvalue weighted by molar-refractivity contribution is -0.105. The van der Waals surface area contributed by atoms with Crippen molar-refractivity contribution in [3.8, 4) is 5.75 Å². The summed E-state index contributed by atoms with van der Waals surface area (Å²) in [6.07, 6.45) is 0.792. The van der Waals surface area contributed by atoms with Crippen molar-refractivity contribution >= 4 is 33.9 Å². The van der Waals surface area contributed by atoms with Gasteiger partial charge in [0, 0.05) is 7.05 Å². The fraction of sp³-hybridized carbons (Fsp3) is 0.273. The Morgan fingerprint density at radius 3 is 2.53 bits per heavy atom. The molecule has 0 aromatic heterocycles. The normalized spacial score (nSPS) is 8.65. The molecule has 0 amide bonds. The average molecular weight is 304 g/mol. The summed E-state index contributed by atoms with van der Waals surface area (Å²) < 4.78 is 5.02. The Labute approximate surface area is 108 Å². The van der Waals surface area contributed by atoms with Crippen molar-refractivity contribution in [2.24, 2.45) is 0 Å². The van der Waals surface area contributed by atoms with E-state index in [-0.39, 0.29) is 5.56 Å². The molecule has 0 unspecified atom stereocenters. The number of hydrogen-bond acceptors (Lipinski definition) is 4. The summed E-state index contributed by atoms with van der Waals surface area (Å²) >= 11 is 2.88. The van der Waals surface area contributed by atoms with Gasteiger partial charge >= 0.3 is 5.97 Å². The second-order valence-electron chi connectivity index (χ2n) is 2.79. The van der Waals surface area contributed by atoms with E-state index < -0.39 is 5.97 Å². The van der Waals surface area contributed by atoms with E-state index in [9.17, 15) is 4.79 Å². The maximum absolute atomic E-state index is 10.6. The van der Waals surface area contributed by atoms with Crippen LogP contribution in [0.15, 0.2) is 18.2 Å². The third-order valence-electron chi connectivity index (χ3n) is 1.78. The highest BCUT2D eigenvalue weighted by atomic mass is 79.9. The van der Waals surface area contributed by atoms with E-state index in [1.165, 1.54) is 19.2 Å².